The van der Waals surface area contributed by atoms with Crippen LogP contribution < -0.4 is 0 Å². The molecule has 0 aliphatic carbocycles. The Bertz CT molecular complexity index is 227. The van der Waals surface area contributed by atoms with Gasteiger partial charge in [0.1, 0.15) is 0 Å². The third kappa shape index (κ3) is 16.9. The Morgan fingerprint density at radius 1 is 0.600 bits per heavy atom. The molecule has 0 fully saturated rings. The predicted octanol–water partition coefficient (Wildman–Crippen LogP) is 3.46. The molecule has 0 heterocycles. The molecule has 0 aliphatic heterocycles. The number of carbonyl (C=O) groups is 2. The van der Waals surface area contributed by atoms with E-state index in [9.17, 15) is 9.59 Å². The summed E-state index contributed by atoms with van der Waals surface area (Å²) < 4.78 is 5.50. The molecule has 0 saturated carbocycles. The van der Waals surface area contributed by atoms with Crippen LogP contribution in [0.4, 0.5) is 0 Å². The Balaban J connectivity index is 2.99. The minimum atomic E-state index is -0.718. The first-order valence-electron chi connectivity index (χ1n) is 7.64. The third-order valence-corrected chi connectivity index (χ3v) is 3.11. The van der Waals surface area contributed by atoms with Crippen LogP contribution in [0, 0.1) is 0 Å². The van der Waals surface area contributed by atoms with Crippen molar-refractivity contribution in [1.82, 2.24) is 0 Å². The highest BCUT2D eigenvalue weighted by Gasteiger charge is 1.98. The lowest BCUT2D eigenvalue weighted by Crippen LogP contribution is -1.98. The number of ether oxygens (including phenoxy) is 1. The van der Waals surface area contributed by atoms with Crippen LogP contribution in [0.3, 0.4) is 0 Å². The Hall–Kier alpha value is -1.10. The van der Waals surface area contributed by atoms with Gasteiger partial charge in [0.15, 0.2) is 0 Å². The Morgan fingerprint density at radius 2 is 0.950 bits per heavy atom. The lowest BCUT2D eigenvalue weighted by molar-refractivity contribution is -0.138. The fourth-order valence-corrected chi connectivity index (χ4v) is 1.95. The van der Waals surface area contributed by atoms with Crippen molar-refractivity contribution >= 4 is 11.9 Å². The maximum Gasteiger partial charge on any atom is 0.303 e. The molecule has 20 heavy (non-hydrogen) atoms. The van der Waals surface area contributed by atoms with E-state index in [4.69, 9.17) is 14.9 Å². The van der Waals surface area contributed by atoms with E-state index in [-0.39, 0.29) is 12.8 Å². The minimum absolute atomic E-state index is 0.267. The molecule has 5 heteroatoms. The molecule has 0 amide bonds. The van der Waals surface area contributed by atoms with Crippen LogP contribution >= 0.6 is 0 Å². The summed E-state index contributed by atoms with van der Waals surface area (Å²) in [5.74, 6) is -1.43. The molecule has 0 saturated heterocycles. The monoisotopic (exact) mass is 288 g/mol. The van der Waals surface area contributed by atoms with Crippen LogP contribution in [-0.2, 0) is 14.3 Å². The number of aliphatic carboxylic acids is 2. The van der Waals surface area contributed by atoms with Gasteiger partial charge in [-0.3, -0.25) is 9.59 Å². The predicted molar refractivity (Wildman–Crippen MR) is 76.9 cm³/mol. The number of carboxylic acids is 2. The van der Waals surface area contributed by atoms with Crippen molar-refractivity contribution in [2.45, 2.75) is 70.6 Å². The largest absolute Gasteiger partial charge is 0.481 e. The van der Waals surface area contributed by atoms with E-state index in [1.807, 2.05) is 0 Å². The molecule has 0 aromatic carbocycles. The number of carboxylic acid groups (broad SMARTS) is 2. The molecular weight excluding hydrogens is 260 g/mol. The van der Waals surface area contributed by atoms with Gasteiger partial charge in [0.2, 0.25) is 0 Å². The summed E-state index contributed by atoms with van der Waals surface area (Å²) in [6.45, 7) is 1.53. The molecule has 0 radical (unpaired) electrons. The van der Waals surface area contributed by atoms with Crippen molar-refractivity contribution in [2.75, 3.05) is 13.2 Å². The summed E-state index contributed by atoms with van der Waals surface area (Å²) in [7, 11) is 0. The fraction of sp³-hybridized carbons (Fsp3) is 0.867. The lowest BCUT2D eigenvalue weighted by atomic mass is 10.1. The molecule has 0 rings (SSSR count). The summed E-state index contributed by atoms with van der Waals surface area (Å²) in [6.07, 6.45) is 9.24. The number of unbranched alkanes of at least 4 members (excludes halogenated alkanes) is 7. The van der Waals surface area contributed by atoms with E-state index in [0.717, 1.165) is 71.0 Å². The van der Waals surface area contributed by atoms with Gasteiger partial charge in [0.05, 0.1) is 0 Å². The molecule has 0 spiro atoms. The minimum Gasteiger partial charge on any atom is -0.481 e. The average Bonchev–Trinajstić information content (AvgIpc) is 2.38. The van der Waals surface area contributed by atoms with Crippen LogP contribution in [0.2, 0.25) is 0 Å². The smallest absolute Gasteiger partial charge is 0.303 e. The molecule has 0 aliphatic rings. The summed E-state index contributed by atoms with van der Waals surface area (Å²) >= 11 is 0. The van der Waals surface area contributed by atoms with E-state index in [1.54, 1.807) is 0 Å². The van der Waals surface area contributed by atoms with Gasteiger partial charge >= 0.3 is 11.9 Å². The Labute approximate surface area is 121 Å². The van der Waals surface area contributed by atoms with Crippen LogP contribution in [0.25, 0.3) is 0 Å². The van der Waals surface area contributed by atoms with E-state index < -0.39 is 11.9 Å². The van der Waals surface area contributed by atoms with Gasteiger partial charge < -0.3 is 14.9 Å². The zero-order valence-electron chi connectivity index (χ0n) is 12.3. The van der Waals surface area contributed by atoms with E-state index in [0.29, 0.717) is 0 Å². The summed E-state index contributed by atoms with van der Waals surface area (Å²) in [6, 6.07) is 0. The summed E-state index contributed by atoms with van der Waals surface area (Å²) in [5.41, 5.74) is 0. The molecule has 0 bridgehead atoms. The highest BCUT2D eigenvalue weighted by molar-refractivity contribution is 5.66. The second kappa shape index (κ2) is 14.3. The maximum absolute atomic E-state index is 10.3. The van der Waals surface area contributed by atoms with Crippen molar-refractivity contribution < 1.29 is 24.5 Å². The van der Waals surface area contributed by atoms with Crippen molar-refractivity contribution in [3.05, 3.63) is 0 Å². The molecule has 0 unspecified atom stereocenters. The number of hydrogen-bond acceptors (Lipinski definition) is 3. The van der Waals surface area contributed by atoms with Crippen molar-refractivity contribution in [3.63, 3.8) is 0 Å². The standard InChI is InChI=1S/C15H28O5/c16-14(17)10-6-2-1-4-8-12-20-13-9-5-3-7-11-15(18)19/h1-13H2,(H,16,17)(H,18,19). The zero-order valence-corrected chi connectivity index (χ0v) is 12.3. The van der Waals surface area contributed by atoms with Gasteiger partial charge in [-0.1, -0.05) is 32.1 Å². The van der Waals surface area contributed by atoms with Crippen LogP contribution in [0.15, 0.2) is 0 Å². The van der Waals surface area contributed by atoms with Gasteiger partial charge in [-0.2, -0.15) is 0 Å². The van der Waals surface area contributed by atoms with E-state index in [1.165, 1.54) is 0 Å². The second-order valence-corrected chi connectivity index (χ2v) is 5.08. The van der Waals surface area contributed by atoms with Gasteiger partial charge in [-0.25, -0.2) is 0 Å². The molecule has 0 atom stereocenters. The van der Waals surface area contributed by atoms with Gasteiger partial charge in [-0.05, 0) is 25.7 Å². The molecule has 0 aromatic heterocycles. The first-order chi connectivity index (χ1) is 9.63. The Morgan fingerprint density at radius 3 is 1.35 bits per heavy atom. The van der Waals surface area contributed by atoms with E-state index in [2.05, 4.69) is 0 Å². The molecule has 0 aromatic rings. The third-order valence-electron chi connectivity index (χ3n) is 3.11. The maximum atomic E-state index is 10.3. The quantitative estimate of drug-likeness (QED) is 0.451. The van der Waals surface area contributed by atoms with Gasteiger partial charge in [-0.15, -0.1) is 0 Å². The van der Waals surface area contributed by atoms with E-state index >= 15 is 0 Å². The Kier molecular flexibility index (Phi) is 13.5. The molecule has 5 nitrogen and oxygen atoms in total. The van der Waals surface area contributed by atoms with Gasteiger partial charge in [0, 0.05) is 26.1 Å². The lowest BCUT2D eigenvalue weighted by Gasteiger charge is -2.04. The highest BCUT2D eigenvalue weighted by atomic mass is 16.5. The average molecular weight is 288 g/mol. The summed E-state index contributed by atoms with van der Waals surface area (Å²) in [4.78, 5) is 20.6. The summed E-state index contributed by atoms with van der Waals surface area (Å²) in [5, 5.41) is 16.9. The van der Waals surface area contributed by atoms with Crippen molar-refractivity contribution in [3.8, 4) is 0 Å². The zero-order chi connectivity index (χ0) is 15.1. The molecule has 118 valence electrons. The highest BCUT2D eigenvalue weighted by Crippen LogP contribution is 2.06. The van der Waals surface area contributed by atoms with Crippen LogP contribution in [0.5, 0.6) is 0 Å². The first-order valence-corrected chi connectivity index (χ1v) is 7.64. The normalized spacial score (nSPS) is 10.6. The molecular formula is C15H28O5. The van der Waals surface area contributed by atoms with Crippen molar-refractivity contribution in [1.29, 1.82) is 0 Å². The second-order valence-electron chi connectivity index (χ2n) is 5.08. The topological polar surface area (TPSA) is 83.8 Å². The van der Waals surface area contributed by atoms with Gasteiger partial charge in [0.25, 0.3) is 0 Å². The SMILES string of the molecule is O=C(O)CCCCCCCOCCCCCCC(=O)O. The number of hydrogen-bond donors (Lipinski definition) is 2. The van der Waals surface area contributed by atoms with Crippen LogP contribution in [0.1, 0.15) is 70.6 Å². The fourth-order valence-electron chi connectivity index (χ4n) is 1.95. The number of rotatable bonds is 15. The van der Waals surface area contributed by atoms with Crippen LogP contribution in [-0.4, -0.2) is 35.4 Å². The van der Waals surface area contributed by atoms with Crippen molar-refractivity contribution in [2.24, 2.45) is 0 Å². The molecule has 2 N–H and O–H groups in total. The first kappa shape index (κ1) is 18.9.